The molecule has 11 heteroatoms. The molecule has 0 saturated heterocycles. The quantitative estimate of drug-likeness (QED) is 0.545. The van der Waals surface area contributed by atoms with Gasteiger partial charge in [0.15, 0.2) is 15.7 Å². The van der Waals surface area contributed by atoms with Crippen molar-refractivity contribution < 1.29 is 22.7 Å². The molecule has 0 unspecified atom stereocenters. The van der Waals surface area contributed by atoms with Crippen molar-refractivity contribution in [2.24, 2.45) is 0 Å². The Bertz CT molecular complexity index is 1080. The second-order valence-corrected chi connectivity index (χ2v) is 10.1. The number of nitrogens with one attached hydrogen (secondary N) is 3. The molecular formula is C21H29N5O5S. The highest BCUT2D eigenvalue weighted by atomic mass is 32.2. The lowest BCUT2D eigenvalue weighted by molar-refractivity contribution is -0.115. The monoisotopic (exact) mass is 463 g/mol. The van der Waals surface area contributed by atoms with Crippen molar-refractivity contribution in [1.82, 2.24) is 20.5 Å². The minimum Gasteiger partial charge on any atom is -0.450 e. The molecule has 0 bridgehead atoms. The second kappa shape index (κ2) is 10.1. The van der Waals surface area contributed by atoms with Crippen molar-refractivity contribution in [2.45, 2.75) is 62.8 Å². The van der Waals surface area contributed by atoms with E-state index in [1.54, 1.807) is 19.1 Å². The fraction of sp³-hybridized carbons (Fsp3) is 0.524. The summed E-state index contributed by atoms with van der Waals surface area (Å²) in [6.07, 6.45) is 5.12. The number of aromatic nitrogens is 3. The van der Waals surface area contributed by atoms with Crippen LogP contribution in [0.15, 0.2) is 23.2 Å². The summed E-state index contributed by atoms with van der Waals surface area (Å²) in [7, 11) is -3.50. The van der Waals surface area contributed by atoms with E-state index in [9.17, 15) is 18.0 Å². The predicted molar refractivity (Wildman–Crippen MR) is 118 cm³/mol. The van der Waals surface area contributed by atoms with Crippen molar-refractivity contribution in [3.63, 3.8) is 0 Å². The van der Waals surface area contributed by atoms with E-state index in [0.29, 0.717) is 23.7 Å². The van der Waals surface area contributed by atoms with Crippen LogP contribution >= 0.6 is 0 Å². The molecule has 0 radical (unpaired) electrons. The van der Waals surface area contributed by atoms with Crippen LogP contribution in [0.5, 0.6) is 0 Å². The first-order valence-corrected chi connectivity index (χ1v) is 12.5. The standard InChI is InChI=1S/C21H29N5O5S/c1-4-7-31-21(28)23-16-6-5-14(9-16)17-11-19(26-25-17)24-20(27)10-15-8-13(2)22-12-18(15)32(3,29)30/h8,11-12,14,16H,4-7,9-10H2,1-3H3,(H,23,28)(H2,24,25,26,27)/t14-,16+/m0/s1. The minimum atomic E-state index is -3.50. The minimum absolute atomic E-state index is 0.0371. The zero-order valence-electron chi connectivity index (χ0n) is 18.5. The van der Waals surface area contributed by atoms with Gasteiger partial charge in [0.2, 0.25) is 5.91 Å². The third-order valence-corrected chi connectivity index (χ3v) is 6.50. The molecule has 1 aliphatic rings. The number of sulfone groups is 1. The number of anilines is 1. The first kappa shape index (κ1) is 23.7. The summed E-state index contributed by atoms with van der Waals surface area (Å²) in [5.41, 5.74) is 1.90. The SMILES string of the molecule is CCCOC(=O)N[C@@H]1CC[C@H](c2cc(NC(=O)Cc3cc(C)ncc3S(C)(=O)=O)n[nH]2)C1. The fourth-order valence-electron chi connectivity index (χ4n) is 3.84. The van der Waals surface area contributed by atoms with Crippen LogP contribution in [0.25, 0.3) is 0 Å². The first-order valence-electron chi connectivity index (χ1n) is 10.6. The zero-order chi connectivity index (χ0) is 23.3. The Kier molecular flexibility index (Phi) is 7.49. The van der Waals surface area contributed by atoms with E-state index in [0.717, 1.165) is 37.6 Å². The van der Waals surface area contributed by atoms with Crippen LogP contribution < -0.4 is 10.6 Å². The Labute approximate surface area is 187 Å². The van der Waals surface area contributed by atoms with Crippen LogP contribution in [0, 0.1) is 6.92 Å². The molecule has 2 heterocycles. The van der Waals surface area contributed by atoms with E-state index >= 15 is 0 Å². The normalized spacial score (nSPS) is 18.3. The van der Waals surface area contributed by atoms with E-state index in [1.165, 1.54) is 6.20 Å². The predicted octanol–water partition coefficient (Wildman–Crippen LogP) is 2.47. The molecule has 1 fully saturated rings. The molecule has 0 aliphatic heterocycles. The molecule has 1 aliphatic carbocycles. The van der Waals surface area contributed by atoms with Crippen molar-refractivity contribution in [3.05, 3.63) is 35.3 Å². The maximum atomic E-state index is 12.5. The van der Waals surface area contributed by atoms with Gasteiger partial charge in [0.1, 0.15) is 0 Å². The first-order chi connectivity index (χ1) is 15.2. The summed E-state index contributed by atoms with van der Waals surface area (Å²) < 4.78 is 29.0. The van der Waals surface area contributed by atoms with Crippen LogP contribution in [-0.2, 0) is 25.8 Å². The largest absolute Gasteiger partial charge is 0.450 e. The van der Waals surface area contributed by atoms with Crippen molar-refractivity contribution in [2.75, 3.05) is 18.2 Å². The number of pyridine rings is 1. The van der Waals surface area contributed by atoms with Gasteiger partial charge in [-0.15, -0.1) is 0 Å². The molecule has 3 N–H and O–H groups in total. The van der Waals surface area contributed by atoms with Crippen LogP contribution in [0.3, 0.4) is 0 Å². The van der Waals surface area contributed by atoms with Gasteiger partial charge in [0.25, 0.3) is 0 Å². The fourth-order valence-corrected chi connectivity index (χ4v) is 4.70. The molecule has 1 saturated carbocycles. The number of carbonyl (C=O) groups is 2. The Morgan fingerprint density at radius 1 is 1.28 bits per heavy atom. The average molecular weight is 464 g/mol. The van der Waals surface area contributed by atoms with E-state index in [1.807, 2.05) is 6.92 Å². The summed E-state index contributed by atoms with van der Waals surface area (Å²) in [6.45, 7) is 4.08. The number of carbonyl (C=O) groups excluding carboxylic acids is 2. The summed E-state index contributed by atoms with van der Waals surface area (Å²) in [4.78, 5) is 28.3. The van der Waals surface area contributed by atoms with E-state index in [4.69, 9.17) is 4.74 Å². The number of amides is 2. The highest BCUT2D eigenvalue weighted by molar-refractivity contribution is 7.90. The molecule has 2 atom stereocenters. The summed E-state index contributed by atoms with van der Waals surface area (Å²) in [5.74, 6) is 0.183. The number of aryl methyl sites for hydroxylation is 1. The summed E-state index contributed by atoms with van der Waals surface area (Å²) in [6, 6.07) is 3.41. The number of hydrogen-bond donors (Lipinski definition) is 3. The van der Waals surface area contributed by atoms with E-state index < -0.39 is 15.9 Å². The van der Waals surface area contributed by atoms with Crippen molar-refractivity contribution >= 4 is 27.7 Å². The number of rotatable bonds is 8. The molecular weight excluding hydrogens is 434 g/mol. The highest BCUT2D eigenvalue weighted by Crippen LogP contribution is 2.34. The van der Waals surface area contributed by atoms with Gasteiger partial charge >= 0.3 is 6.09 Å². The van der Waals surface area contributed by atoms with E-state index in [-0.39, 0.29) is 29.2 Å². The third-order valence-electron chi connectivity index (χ3n) is 5.33. The van der Waals surface area contributed by atoms with Gasteiger partial charge in [-0.2, -0.15) is 5.10 Å². The number of alkyl carbamates (subject to hydrolysis) is 1. The Hall–Kier alpha value is -2.95. The maximum absolute atomic E-state index is 12.5. The van der Waals surface area contributed by atoms with Gasteiger partial charge in [-0.25, -0.2) is 13.2 Å². The molecule has 0 spiro atoms. The Balaban J connectivity index is 1.58. The molecule has 2 aromatic rings. The van der Waals surface area contributed by atoms with Gasteiger partial charge in [0, 0.05) is 41.9 Å². The molecule has 10 nitrogen and oxygen atoms in total. The second-order valence-electron chi connectivity index (χ2n) is 8.13. The molecule has 0 aromatic carbocycles. The zero-order valence-corrected chi connectivity index (χ0v) is 19.3. The van der Waals surface area contributed by atoms with Crippen molar-refractivity contribution in [1.29, 1.82) is 0 Å². The molecule has 2 amide bonds. The maximum Gasteiger partial charge on any atom is 0.407 e. The van der Waals surface area contributed by atoms with Crippen LogP contribution in [0.2, 0.25) is 0 Å². The molecule has 2 aromatic heterocycles. The lowest BCUT2D eigenvalue weighted by Crippen LogP contribution is -2.33. The Morgan fingerprint density at radius 2 is 2.06 bits per heavy atom. The van der Waals surface area contributed by atoms with E-state index in [2.05, 4.69) is 25.8 Å². The Morgan fingerprint density at radius 3 is 2.78 bits per heavy atom. The summed E-state index contributed by atoms with van der Waals surface area (Å²) >= 11 is 0. The smallest absolute Gasteiger partial charge is 0.407 e. The van der Waals surface area contributed by atoms with Gasteiger partial charge in [-0.1, -0.05) is 6.92 Å². The number of H-pyrrole nitrogens is 1. The van der Waals surface area contributed by atoms with Crippen molar-refractivity contribution in [3.8, 4) is 0 Å². The topological polar surface area (TPSA) is 143 Å². The molecule has 3 rings (SSSR count). The van der Waals surface area contributed by atoms with Crippen LogP contribution in [0.1, 0.15) is 55.5 Å². The third kappa shape index (κ3) is 6.28. The van der Waals surface area contributed by atoms with Gasteiger partial charge in [-0.3, -0.25) is 14.9 Å². The highest BCUT2D eigenvalue weighted by Gasteiger charge is 2.29. The average Bonchev–Trinajstić information content (AvgIpc) is 3.34. The lowest BCUT2D eigenvalue weighted by Gasteiger charge is -2.12. The van der Waals surface area contributed by atoms with Gasteiger partial charge < -0.3 is 15.4 Å². The molecule has 174 valence electrons. The lowest BCUT2D eigenvalue weighted by atomic mass is 10.0. The molecule has 32 heavy (non-hydrogen) atoms. The van der Waals surface area contributed by atoms with Crippen LogP contribution in [0.4, 0.5) is 10.6 Å². The number of aromatic amines is 1. The van der Waals surface area contributed by atoms with Crippen LogP contribution in [-0.4, -0.2) is 54.5 Å². The van der Waals surface area contributed by atoms with Gasteiger partial charge in [-0.05, 0) is 44.2 Å². The summed E-state index contributed by atoms with van der Waals surface area (Å²) in [5, 5.41) is 12.7. The van der Waals surface area contributed by atoms with Gasteiger partial charge in [0.05, 0.1) is 17.9 Å². The number of nitrogens with zero attached hydrogens (tertiary/aromatic N) is 2. The number of hydrogen-bond acceptors (Lipinski definition) is 7. The number of ether oxygens (including phenoxy) is 1.